The molecular formula is C29H23Cl2N3O3S. The van der Waals surface area contributed by atoms with E-state index in [2.05, 4.69) is 5.32 Å². The van der Waals surface area contributed by atoms with Crippen molar-refractivity contribution in [2.45, 2.75) is 20.4 Å². The van der Waals surface area contributed by atoms with Crippen LogP contribution in [-0.4, -0.2) is 33.1 Å². The minimum absolute atomic E-state index is 0.265. The zero-order chi connectivity index (χ0) is 27.0. The average molecular weight is 564 g/mol. The van der Waals surface area contributed by atoms with Crippen molar-refractivity contribution in [1.29, 1.82) is 0 Å². The number of halogens is 2. The minimum atomic E-state index is -0.493. The van der Waals surface area contributed by atoms with Gasteiger partial charge in [0.05, 0.1) is 4.91 Å². The van der Waals surface area contributed by atoms with Crippen molar-refractivity contribution in [3.63, 3.8) is 0 Å². The molecule has 0 unspecified atom stereocenters. The van der Waals surface area contributed by atoms with Gasteiger partial charge in [-0.2, -0.15) is 0 Å². The van der Waals surface area contributed by atoms with Gasteiger partial charge in [0.15, 0.2) is 0 Å². The standard InChI is InChI=1S/C29H23Cl2N3O3S/c1-17-7-10-22(11-18(17)2)32-27(35)16-34-28(36)26(38-29(34)37)12-20-15-33(25-6-4-3-5-23(20)25)14-19-8-9-21(30)13-24(19)31/h3-13,15H,14,16H2,1-2H3,(H,32,35)/b26-12+. The van der Waals surface area contributed by atoms with Crippen molar-refractivity contribution in [3.8, 4) is 0 Å². The molecule has 2 heterocycles. The number of nitrogens with zero attached hydrogens (tertiary/aromatic N) is 2. The first-order chi connectivity index (χ1) is 18.2. The Morgan fingerprint density at radius 1 is 1.00 bits per heavy atom. The Labute approximate surface area is 234 Å². The Morgan fingerprint density at radius 2 is 1.79 bits per heavy atom. The number of amides is 3. The maximum Gasteiger partial charge on any atom is 0.294 e. The lowest BCUT2D eigenvalue weighted by molar-refractivity contribution is -0.127. The molecule has 4 aromatic rings. The highest BCUT2D eigenvalue weighted by atomic mass is 35.5. The summed E-state index contributed by atoms with van der Waals surface area (Å²) in [5, 5.41) is 4.35. The van der Waals surface area contributed by atoms with E-state index < -0.39 is 17.1 Å². The summed E-state index contributed by atoms with van der Waals surface area (Å²) in [7, 11) is 0. The van der Waals surface area contributed by atoms with Crippen molar-refractivity contribution in [2.75, 3.05) is 11.9 Å². The van der Waals surface area contributed by atoms with Gasteiger partial charge in [0.1, 0.15) is 6.54 Å². The lowest BCUT2D eigenvalue weighted by atomic mass is 10.1. The van der Waals surface area contributed by atoms with Crippen molar-refractivity contribution in [1.82, 2.24) is 9.47 Å². The van der Waals surface area contributed by atoms with Crippen LogP contribution >= 0.6 is 35.0 Å². The van der Waals surface area contributed by atoms with Gasteiger partial charge in [0, 0.05) is 44.9 Å². The highest BCUT2D eigenvalue weighted by Crippen LogP contribution is 2.34. The zero-order valence-corrected chi connectivity index (χ0v) is 23.0. The second-order valence-corrected chi connectivity index (χ2v) is 10.9. The molecule has 0 bridgehead atoms. The lowest BCUT2D eigenvalue weighted by Gasteiger charge is -2.13. The molecule has 1 aliphatic heterocycles. The monoisotopic (exact) mass is 563 g/mol. The third-order valence-electron chi connectivity index (χ3n) is 6.43. The summed E-state index contributed by atoms with van der Waals surface area (Å²) in [6.07, 6.45) is 3.63. The zero-order valence-electron chi connectivity index (χ0n) is 20.6. The smallest absolute Gasteiger partial charge is 0.294 e. The van der Waals surface area contributed by atoms with E-state index in [0.717, 1.165) is 49.8 Å². The molecular weight excluding hydrogens is 541 g/mol. The molecule has 1 N–H and O–H groups in total. The van der Waals surface area contributed by atoms with Gasteiger partial charge in [-0.3, -0.25) is 19.3 Å². The summed E-state index contributed by atoms with van der Waals surface area (Å²) in [6, 6.07) is 18.7. The number of para-hydroxylation sites is 1. The minimum Gasteiger partial charge on any atom is -0.342 e. The van der Waals surface area contributed by atoms with Crippen LogP contribution in [0.5, 0.6) is 0 Å². The predicted molar refractivity (Wildman–Crippen MR) is 155 cm³/mol. The number of anilines is 1. The second kappa shape index (κ2) is 10.7. The van der Waals surface area contributed by atoms with Crippen LogP contribution in [-0.2, 0) is 16.1 Å². The van der Waals surface area contributed by atoms with Crippen LogP contribution in [0.15, 0.2) is 71.8 Å². The summed E-state index contributed by atoms with van der Waals surface area (Å²) in [5.74, 6) is -0.930. The van der Waals surface area contributed by atoms with Crippen molar-refractivity contribution in [2.24, 2.45) is 0 Å². The first-order valence-electron chi connectivity index (χ1n) is 11.8. The van der Waals surface area contributed by atoms with E-state index >= 15 is 0 Å². The van der Waals surface area contributed by atoms with Gasteiger partial charge in [-0.15, -0.1) is 0 Å². The van der Waals surface area contributed by atoms with Gasteiger partial charge in [-0.25, -0.2) is 0 Å². The SMILES string of the molecule is Cc1ccc(NC(=O)CN2C(=O)S/C(=C/c3cn(Cc4ccc(Cl)cc4Cl)c4ccccc34)C2=O)cc1C. The molecule has 1 aliphatic rings. The molecule has 6 nitrogen and oxygen atoms in total. The number of aromatic nitrogens is 1. The molecule has 1 fully saturated rings. The molecule has 1 aromatic heterocycles. The van der Waals surface area contributed by atoms with Gasteiger partial charge in [-0.1, -0.05) is 53.5 Å². The Bertz CT molecular complexity index is 1640. The van der Waals surface area contributed by atoms with Gasteiger partial charge in [0.25, 0.3) is 11.1 Å². The fourth-order valence-corrected chi connectivity index (χ4v) is 5.59. The first-order valence-corrected chi connectivity index (χ1v) is 13.4. The summed E-state index contributed by atoms with van der Waals surface area (Å²) in [5.41, 5.74) is 5.41. The Balaban J connectivity index is 1.37. The van der Waals surface area contributed by atoms with E-state index in [-0.39, 0.29) is 11.4 Å². The molecule has 3 amide bonds. The Hall–Kier alpha value is -3.52. The van der Waals surface area contributed by atoms with E-state index in [4.69, 9.17) is 23.2 Å². The molecule has 0 radical (unpaired) electrons. The van der Waals surface area contributed by atoms with E-state index in [1.807, 2.05) is 67.1 Å². The molecule has 3 aromatic carbocycles. The highest BCUT2D eigenvalue weighted by molar-refractivity contribution is 8.18. The number of hydrogen-bond donors (Lipinski definition) is 1. The summed E-state index contributed by atoms with van der Waals surface area (Å²) in [4.78, 5) is 39.6. The van der Waals surface area contributed by atoms with Crippen LogP contribution in [0.4, 0.5) is 10.5 Å². The van der Waals surface area contributed by atoms with E-state index in [1.165, 1.54) is 0 Å². The number of rotatable bonds is 6. The number of carbonyl (C=O) groups excluding carboxylic acids is 3. The molecule has 0 saturated carbocycles. The van der Waals surface area contributed by atoms with Crippen molar-refractivity contribution < 1.29 is 14.4 Å². The maximum atomic E-state index is 13.1. The molecule has 5 rings (SSSR count). The molecule has 9 heteroatoms. The number of nitrogens with one attached hydrogen (secondary N) is 1. The van der Waals surface area contributed by atoms with Gasteiger partial charge >= 0.3 is 0 Å². The number of aryl methyl sites for hydroxylation is 2. The third kappa shape index (κ3) is 5.36. The Morgan fingerprint density at radius 3 is 2.55 bits per heavy atom. The summed E-state index contributed by atoms with van der Waals surface area (Å²) in [6.45, 7) is 4.08. The number of hydrogen-bond acceptors (Lipinski definition) is 4. The van der Waals surface area contributed by atoms with E-state index in [1.54, 1.807) is 24.3 Å². The van der Waals surface area contributed by atoms with Crippen LogP contribution in [0.1, 0.15) is 22.3 Å². The number of imide groups is 1. The second-order valence-electron chi connectivity index (χ2n) is 9.08. The van der Waals surface area contributed by atoms with Gasteiger partial charge in [0.2, 0.25) is 5.91 Å². The largest absolute Gasteiger partial charge is 0.342 e. The summed E-state index contributed by atoms with van der Waals surface area (Å²) >= 11 is 13.3. The fraction of sp³-hybridized carbons (Fsp3) is 0.138. The van der Waals surface area contributed by atoms with Crippen LogP contribution in [0.2, 0.25) is 10.0 Å². The molecule has 192 valence electrons. The number of fused-ring (bicyclic) bond motifs is 1. The summed E-state index contributed by atoms with van der Waals surface area (Å²) < 4.78 is 2.04. The predicted octanol–water partition coefficient (Wildman–Crippen LogP) is 7.29. The van der Waals surface area contributed by atoms with Crippen LogP contribution in [0.3, 0.4) is 0 Å². The maximum absolute atomic E-state index is 13.1. The van der Waals surface area contributed by atoms with Gasteiger partial charge < -0.3 is 9.88 Å². The van der Waals surface area contributed by atoms with E-state index in [9.17, 15) is 14.4 Å². The highest BCUT2D eigenvalue weighted by Gasteiger charge is 2.36. The topological polar surface area (TPSA) is 71.4 Å². The van der Waals surface area contributed by atoms with Crippen molar-refractivity contribution >= 4 is 74.7 Å². The molecule has 0 atom stereocenters. The molecule has 0 aliphatic carbocycles. The molecule has 0 spiro atoms. The quantitative estimate of drug-likeness (QED) is 0.250. The number of carbonyl (C=O) groups is 3. The number of thioether (sulfide) groups is 1. The fourth-order valence-electron chi connectivity index (χ4n) is 4.30. The first kappa shape index (κ1) is 26.1. The molecule has 38 heavy (non-hydrogen) atoms. The van der Waals surface area contributed by atoms with Crippen LogP contribution in [0, 0.1) is 13.8 Å². The number of benzene rings is 3. The van der Waals surface area contributed by atoms with Crippen LogP contribution in [0.25, 0.3) is 17.0 Å². The third-order valence-corrected chi connectivity index (χ3v) is 7.92. The van der Waals surface area contributed by atoms with E-state index in [0.29, 0.717) is 22.3 Å². The normalized spacial score (nSPS) is 14.6. The molecule has 1 saturated heterocycles. The average Bonchev–Trinajstić information content (AvgIpc) is 3.35. The lowest BCUT2D eigenvalue weighted by Crippen LogP contribution is -2.36. The van der Waals surface area contributed by atoms with Gasteiger partial charge in [-0.05, 0) is 78.7 Å². The Kier molecular flexibility index (Phi) is 7.34. The van der Waals surface area contributed by atoms with Crippen LogP contribution < -0.4 is 5.32 Å². The van der Waals surface area contributed by atoms with Crippen molar-refractivity contribution in [3.05, 3.63) is 104 Å².